The van der Waals surface area contributed by atoms with Crippen molar-refractivity contribution in [2.75, 3.05) is 19.3 Å². The number of anilines is 1. The molecule has 4 aromatic heterocycles. The monoisotopic (exact) mass is 656 g/mol. The molecule has 0 amide bonds. The number of imidazole rings is 1. The summed E-state index contributed by atoms with van der Waals surface area (Å²) in [5.74, 6) is 1.26. The van der Waals surface area contributed by atoms with Crippen molar-refractivity contribution in [3.05, 3.63) is 37.7 Å². The van der Waals surface area contributed by atoms with Crippen LogP contribution < -0.4 is 16.2 Å². The number of thiophene rings is 1. The second-order valence-corrected chi connectivity index (χ2v) is 15.4. The molecule has 9 rings (SSSR count). The summed E-state index contributed by atoms with van der Waals surface area (Å²) in [5.41, 5.74) is 10.4. The molecule has 7 heterocycles. The Bertz CT molecular complexity index is 2020. The first-order valence-corrected chi connectivity index (χ1v) is 17.9. The first kappa shape index (κ1) is 29.4. The lowest BCUT2D eigenvalue weighted by molar-refractivity contribution is 0.0938. The minimum absolute atomic E-state index is 0.0112. The maximum atomic E-state index is 14.0. The number of likely N-dealkylation sites (tertiary alicyclic amines) is 1. The number of likely N-dealkylation sites (N-methyl/N-ethyl adjacent to an activating group) is 1. The quantitative estimate of drug-likeness (QED) is 0.323. The molecule has 2 aliphatic carbocycles. The van der Waals surface area contributed by atoms with E-state index < -0.39 is 5.41 Å². The van der Waals surface area contributed by atoms with Crippen LogP contribution in [-0.4, -0.2) is 67.1 Å². The van der Waals surface area contributed by atoms with Crippen LogP contribution >= 0.6 is 11.3 Å². The van der Waals surface area contributed by atoms with Crippen molar-refractivity contribution in [3.8, 4) is 23.5 Å². The molecule has 4 aromatic rings. The minimum atomic E-state index is -0.428. The highest BCUT2D eigenvalue weighted by Gasteiger charge is 2.49. The van der Waals surface area contributed by atoms with Crippen molar-refractivity contribution in [1.82, 2.24) is 29.2 Å². The van der Waals surface area contributed by atoms with Gasteiger partial charge in [-0.3, -0.25) is 14.0 Å². The van der Waals surface area contributed by atoms with Gasteiger partial charge in [-0.25, -0.2) is 9.78 Å². The van der Waals surface area contributed by atoms with Crippen LogP contribution in [0, 0.1) is 11.3 Å². The number of fused-ring (bicyclic) bond motifs is 7. The number of nitriles is 1. The molecule has 0 saturated carbocycles. The zero-order valence-corrected chi connectivity index (χ0v) is 27.9. The predicted molar refractivity (Wildman–Crippen MR) is 176 cm³/mol. The Labute approximate surface area is 276 Å². The topological polar surface area (TPSA) is 150 Å². The minimum Gasteiger partial charge on any atom is -0.471 e. The van der Waals surface area contributed by atoms with E-state index in [0.717, 1.165) is 94.0 Å². The van der Waals surface area contributed by atoms with Gasteiger partial charge in [-0.15, -0.1) is 11.3 Å². The standard InChI is InChI=1S/C34H40N8O4S/c1-17(21-8-6-14-40(21)2)44-32-26-31(42(33(43)41(26)3)22-15-18-10-11-23(22)45-18)37-30(38-32)27-19-7-4-12-34(28(19)39-46-27)13-5-9-24-25(34)20(16-35)29(36)47-24/h17-18,21-23H,4-15,36H2,1-3H3/t17-,18?,21-,22+,23?,34-/m0/s1. The highest BCUT2D eigenvalue weighted by atomic mass is 32.1. The lowest BCUT2D eigenvalue weighted by Gasteiger charge is -2.39. The Morgan fingerprint density at radius 1 is 1.15 bits per heavy atom. The Hall–Kier alpha value is -3.73. The van der Waals surface area contributed by atoms with E-state index in [2.05, 4.69) is 24.9 Å². The third-order valence-electron chi connectivity index (χ3n) is 11.8. The number of nitrogens with zero attached hydrogens (tertiary/aromatic N) is 7. The molecular weight excluding hydrogens is 616 g/mol. The smallest absolute Gasteiger partial charge is 0.330 e. The summed E-state index contributed by atoms with van der Waals surface area (Å²) in [4.78, 5) is 27.6. The van der Waals surface area contributed by atoms with Gasteiger partial charge in [0.2, 0.25) is 17.5 Å². The number of nitrogen functional groups attached to an aromatic ring is 1. The summed E-state index contributed by atoms with van der Waals surface area (Å²) in [7, 11) is 3.91. The maximum Gasteiger partial charge on any atom is 0.330 e. The highest BCUT2D eigenvalue weighted by Crippen LogP contribution is 2.55. The van der Waals surface area contributed by atoms with Gasteiger partial charge in [0, 0.05) is 28.9 Å². The first-order valence-electron chi connectivity index (χ1n) is 17.1. The van der Waals surface area contributed by atoms with E-state index in [-0.39, 0.29) is 36.1 Å². The zero-order valence-electron chi connectivity index (χ0n) is 27.1. The zero-order chi connectivity index (χ0) is 32.2. The molecule has 246 valence electrons. The van der Waals surface area contributed by atoms with Gasteiger partial charge in [0.05, 0.1) is 29.5 Å². The molecule has 2 N–H and O–H groups in total. The number of hydrogen-bond donors (Lipinski definition) is 1. The van der Waals surface area contributed by atoms with E-state index >= 15 is 0 Å². The van der Waals surface area contributed by atoms with Crippen molar-refractivity contribution in [1.29, 1.82) is 5.26 Å². The van der Waals surface area contributed by atoms with Gasteiger partial charge < -0.3 is 19.7 Å². The molecule has 5 aliphatic rings. The van der Waals surface area contributed by atoms with Crippen molar-refractivity contribution in [3.63, 3.8) is 0 Å². The SMILES string of the molecule is C[C@H](Oc1nc(-c2onc3c2CCC[C@@]32CCCc3sc(N)c(C#N)c32)nc2c1n(C)c(=O)n2[C@@H]1CC2CCC1O2)[C@@H]1CCCN1C. The van der Waals surface area contributed by atoms with Gasteiger partial charge in [0.15, 0.2) is 11.2 Å². The van der Waals surface area contributed by atoms with Gasteiger partial charge in [-0.05, 0) is 96.7 Å². The predicted octanol–water partition coefficient (Wildman–Crippen LogP) is 4.61. The number of aromatic nitrogens is 5. The maximum absolute atomic E-state index is 14.0. The van der Waals surface area contributed by atoms with E-state index in [1.165, 1.54) is 16.2 Å². The van der Waals surface area contributed by atoms with Gasteiger partial charge in [0.25, 0.3) is 0 Å². The summed E-state index contributed by atoms with van der Waals surface area (Å²) in [5, 5.41) is 15.5. The highest BCUT2D eigenvalue weighted by molar-refractivity contribution is 7.16. The molecule has 2 bridgehead atoms. The Morgan fingerprint density at radius 3 is 2.70 bits per heavy atom. The molecule has 13 heteroatoms. The van der Waals surface area contributed by atoms with Crippen LogP contribution in [0.4, 0.5) is 5.00 Å². The molecule has 0 aromatic carbocycles. The third kappa shape index (κ3) is 4.17. The molecule has 1 spiro atoms. The van der Waals surface area contributed by atoms with Crippen LogP contribution in [0.3, 0.4) is 0 Å². The number of aryl methyl sites for hydroxylation is 2. The molecule has 47 heavy (non-hydrogen) atoms. The fourth-order valence-corrected chi connectivity index (χ4v) is 10.8. The van der Waals surface area contributed by atoms with Crippen molar-refractivity contribution in [2.45, 2.75) is 113 Å². The van der Waals surface area contributed by atoms with Crippen LogP contribution in [0.2, 0.25) is 0 Å². The second-order valence-electron chi connectivity index (χ2n) is 14.3. The van der Waals surface area contributed by atoms with Gasteiger partial charge in [-0.2, -0.15) is 10.2 Å². The first-order chi connectivity index (χ1) is 22.8. The number of rotatable bonds is 5. The van der Waals surface area contributed by atoms with Gasteiger partial charge in [-0.1, -0.05) is 5.16 Å². The molecule has 6 atom stereocenters. The number of nitrogens with two attached hydrogens (primary N) is 1. The van der Waals surface area contributed by atoms with E-state index in [0.29, 0.717) is 39.2 Å². The number of hydrogen-bond acceptors (Lipinski definition) is 11. The molecule has 0 radical (unpaired) electrons. The van der Waals surface area contributed by atoms with Gasteiger partial charge in [0.1, 0.15) is 17.2 Å². The average Bonchev–Trinajstić information content (AvgIpc) is 3.91. The van der Waals surface area contributed by atoms with Crippen LogP contribution in [0.1, 0.15) is 98.0 Å². The fraction of sp³-hybridized carbons (Fsp3) is 0.618. The Balaban J connectivity index is 1.22. The van der Waals surface area contributed by atoms with E-state index in [1.54, 1.807) is 11.6 Å². The Kier molecular flexibility index (Phi) is 6.66. The summed E-state index contributed by atoms with van der Waals surface area (Å²) in [6, 6.07) is 2.55. The van der Waals surface area contributed by atoms with E-state index in [4.69, 9.17) is 34.9 Å². The molecule has 2 unspecified atom stereocenters. The van der Waals surface area contributed by atoms with E-state index in [1.807, 2.05) is 4.57 Å². The largest absolute Gasteiger partial charge is 0.471 e. The van der Waals surface area contributed by atoms with Crippen LogP contribution in [0.25, 0.3) is 22.7 Å². The van der Waals surface area contributed by atoms with Crippen molar-refractivity contribution >= 4 is 27.5 Å². The summed E-state index contributed by atoms with van der Waals surface area (Å²) >= 11 is 1.54. The lowest BCUT2D eigenvalue weighted by atomic mass is 9.62. The van der Waals surface area contributed by atoms with Crippen molar-refractivity contribution < 1.29 is 14.0 Å². The third-order valence-corrected chi connectivity index (χ3v) is 12.9. The molecular formula is C34H40N8O4S. The second kappa shape index (κ2) is 10.6. The molecule has 12 nitrogen and oxygen atoms in total. The normalized spacial score (nSPS) is 29.0. The summed E-state index contributed by atoms with van der Waals surface area (Å²) in [6.45, 7) is 3.11. The van der Waals surface area contributed by atoms with Crippen LogP contribution in [0.15, 0.2) is 9.32 Å². The summed E-state index contributed by atoms with van der Waals surface area (Å²) in [6.07, 6.45) is 10.3. The van der Waals surface area contributed by atoms with Crippen molar-refractivity contribution in [2.24, 2.45) is 7.05 Å². The number of ether oxygens (including phenoxy) is 2. The molecule has 3 saturated heterocycles. The van der Waals surface area contributed by atoms with Crippen LogP contribution in [0.5, 0.6) is 5.88 Å². The average molecular weight is 657 g/mol. The van der Waals surface area contributed by atoms with Crippen LogP contribution in [-0.2, 0) is 30.0 Å². The molecule has 3 fully saturated rings. The molecule has 3 aliphatic heterocycles. The Morgan fingerprint density at radius 2 is 1.98 bits per heavy atom. The summed E-state index contributed by atoms with van der Waals surface area (Å²) < 4.78 is 22.6. The van der Waals surface area contributed by atoms with E-state index in [9.17, 15) is 10.1 Å². The lowest BCUT2D eigenvalue weighted by Crippen LogP contribution is -2.38. The van der Waals surface area contributed by atoms with Gasteiger partial charge >= 0.3 is 5.69 Å². The fourth-order valence-electron chi connectivity index (χ4n) is 9.61.